The largest absolute Gasteiger partial charge is 0.351 e. The van der Waals surface area contributed by atoms with Crippen LogP contribution >= 0.6 is 0 Å². The van der Waals surface area contributed by atoms with E-state index >= 15 is 0 Å². The SMILES string of the molecule is CC(C(=O)NC(N)=O)S(=O)CCN. The summed E-state index contributed by atoms with van der Waals surface area (Å²) in [7, 11) is -1.36. The van der Waals surface area contributed by atoms with Crippen molar-refractivity contribution in [2.45, 2.75) is 12.2 Å². The van der Waals surface area contributed by atoms with Crippen LogP contribution in [0.4, 0.5) is 4.79 Å². The number of nitrogens with one attached hydrogen (secondary N) is 1. The zero-order chi connectivity index (χ0) is 10.4. The number of hydrogen-bond donors (Lipinski definition) is 3. The predicted molar refractivity (Wildman–Crippen MR) is 49.3 cm³/mol. The highest BCUT2D eigenvalue weighted by Crippen LogP contribution is 1.95. The Morgan fingerprint density at radius 2 is 2.08 bits per heavy atom. The van der Waals surface area contributed by atoms with Crippen LogP contribution in [-0.4, -0.2) is 33.7 Å². The summed E-state index contributed by atoms with van der Waals surface area (Å²) in [4.78, 5) is 21.3. The molecule has 6 nitrogen and oxygen atoms in total. The van der Waals surface area contributed by atoms with Gasteiger partial charge in [-0.3, -0.25) is 14.3 Å². The van der Waals surface area contributed by atoms with Gasteiger partial charge in [0.05, 0.1) is 0 Å². The Morgan fingerprint density at radius 3 is 2.46 bits per heavy atom. The minimum Gasteiger partial charge on any atom is -0.351 e. The lowest BCUT2D eigenvalue weighted by atomic mass is 10.4. The molecule has 2 unspecified atom stereocenters. The number of urea groups is 1. The van der Waals surface area contributed by atoms with Crippen LogP contribution in [0.2, 0.25) is 0 Å². The van der Waals surface area contributed by atoms with Gasteiger partial charge in [0, 0.05) is 23.1 Å². The predicted octanol–water partition coefficient (Wildman–Crippen LogP) is -1.72. The monoisotopic (exact) mass is 207 g/mol. The molecule has 0 bridgehead atoms. The number of amides is 3. The summed E-state index contributed by atoms with van der Waals surface area (Å²) in [5.74, 6) is -0.410. The molecule has 0 aromatic heterocycles. The molecule has 0 aliphatic rings. The molecule has 2 atom stereocenters. The highest BCUT2D eigenvalue weighted by Gasteiger charge is 2.19. The Labute approximate surface area is 78.5 Å². The number of carbonyl (C=O) groups excluding carboxylic acids is 2. The normalized spacial score (nSPS) is 14.6. The van der Waals surface area contributed by atoms with E-state index in [0.717, 1.165) is 0 Å². The van der Waals surface area contributed by atoms with Crippen molar-refractivity contribution in [1.82, 2.24) is 5.32 Å². The smallest absolute Gasteiger partial charge is 0.318 e. The van der Waals surface area contributed by atoms with Crippen LogP contribution in [0.1, 0.15) is 6.92 Å². The number of rotatable bonds is 4. The average Bonchev–Trinajstić information content (AvgIpc) is 2.02. The lowest BCUT2D eigenvalue weighted by Crippen LogP contribution is -2.42. The van der Waals surface area contributed by atoms with Crippen molar-refractivity contribution in [1.29, 1.82) is 0 Å². The summed E-state index contributed by atoms with van der Waals surface area (Å²) < 4.78 is 11.2. The van der Waals surface area contributed by atoms with Crippen LogP contribution in [0, 0.1) is 0 Å². The highest BCUT2D eigenvalue weighted by molar-refractivity contribution is 7.86. The maximum absolute atomic E-state index is 11.2. The van der Waals surface area contributed by atoms with Gasteiger partial charge in [-0.2, -0.15) is 0 Å². The van der Waals surface area contributed by atoms with Gasteiger partial charge in [-0.05, 0) is 6.92 Å². The zero-order valence-corrected chi connectivity index (χ0v) is 8.10. The van der Waals surface area contributed by atoms with Gasteiger partial charge in [-0.1, -0.05) is 0 Å². The summed E-state index contributed by atoms with van der Waals surface area (Å²) in [5, 5.41) is 1.08. The molecule has 0 fully saturated rings. The molecule has 3 amide bonds. The summed E-state index contributed by atoms with van der Waals surface area (Å²) in [6, 6.07) is -0.943. The molecule has 0 aromatic rings. The maximum Gasteiger partial charge on any atom is 0.318 e. The van der Waals surface area contributed by atoms with E-state index in [-0.39, 0.29) is 12.3 Å². The Morgan fingerprint density at radius 1 is 1.54 bits per heavy atom. The molecular weight excluding hydrogens is 194 g/mol. The van der Waals surface area contributed by atoms with Gasteiger partial charge < -0.3 is 11.5 Å². The number of nitrogens with two attached hydrogens (primary N) is 2. The fraction of sp³-hybridized carbons (Fsp3) is 0.667. The fourth-order valence-corrected chi connectivity index (χ4v) is 1.52. The fourth-order valence-electron chi connectivity index (χ4n) is 0.635. The van der Waals surface area contributed by atoms with Crippen molar-refractivity contribution < 1.29 is 13.8 Å². The van der Waals surface area contributed by atoms with Crippen molar-refractivity contribution in [2.24, 2.45) is 11.5 Å². The van der Waals surface area contributed by atoms with Gasteiger partial charge >= 0.3 is 6.03 Å². The van der Waals surface area contributed by atoms with Gasteiger partial charge in [0.15, 0.2) is 0 Å². The number of primary amides is 1. The van der Waals surface area contributed by atoms with Crippen LogP contribution in [-0.2, 0) is 15.6 Å². The standard InChI is InChI=1S/C6H13N3O3S/c1-4(13(12)3-2-7)5(10)9-6(8)11/h4H,2-3,7H2,1H3,(H3,8,9,10,11). The second-order valence-electron chi connectivity index (χ2n) is 2.37. The van der Waals surface area contributed by atoms with Gasteiger partial charge in [-0.15, -0.1) is 0 Å². The quantitative estimate of drug-likeness (QED) is 0.508. The molecule has 5 N–H and O–H groups in total. The first-order chi connectivity index (χ1) is 5.99. The van der Waals surface area contributed by atoms with E-state index in [1.54, 1.807) is 0 Å². The summed E-state index contributed by atoms with van der Waals surface area (Å²) in [6.45, 7) is 1.69. The average molecular weight is 207 g/mol. The highest BCUT2D eigenvalue weighted by atomic mass is 32.2. The van der Waals surface area contributed by atoms with Crippen LogP contribution in [0.25, 0.3) is 0 Å². The van der Waals surface area contributed by atoms with Gasteiger partial charge in [0.1, 0.15) is 5.25 Å². The molecule has 0 saturated heterocycles. The first-order valence-corrected chi connectivity index (χ1v) is 5.04. The zero-order valence-electron chi connectivity index (χ0n) is 7.28. The third-order valence-corrected chi connectivity index (χ3v) is 2.97. The van der Waals surface area contributed by atoms with E-state index in [9.17, 15) is 13.8 Å². The van der Waals surface area contributed by atoms with Gasteiger partial charge in [0.25, 0.3) is 0 Å². The molecule has 0 radical (unpaired) electrons. The number of imide groups is 1. The maximum atomic E-state index is 11.2. The molecule has 0 saturated carbocycles. The van der Waals surface area contributed by atoms with E-state index in [1.807, 2.05) is 5.32 Å². The van der Waals surface area contributed by atoms with Crippen molar-refractivity contribution >= 4 is 22.7 Å². The Kier molecular flexibility index (Phi) is 5.24. The van der Waals surface area contributed by atoms with Crippen LogP contribution in [0.3, 0.4) is 0 Å². The third kappa shape index (κ3) is 4.58. The molecule has 13 heavy (non-hydrogen) atoms. The van der Waals surface area contributed by atoms with Gasteiger partial charge in [-0.25, -0.2) is 4.79 Å². The van der Waals surface area contributed by atoms with Crippen molar-refractivity contribution in [3.05, 3.63) is 0 Å². The molecule has 0 aliphatic heterocycles. The second kappa shape index (κ2) is 5.65. The minimum absolute atomic E-state index is 0.230. The first-order valence-electron chi connectivity index (χ1n) is 3.66. The Balaban J connectivity index is 4.09. The van der Waals surface area contributed by atoms with Crippen LogP contribution < -0.4 is 16.8 Å². The van der Waals surface area contributed by atoms with Crippen molar-refractivity contribution in [3.63, 3.8) is 0 Å². The van der Waals surface area contributed by atoms with E-state index in [4.69, 9.17) is 11.5 Å². The van der Waals surface area contributed by atoms with Crippen molar-refractivity contribution in [3.8, 4) is 0 Å². The topological polar surface area (TPSA) is 115 Å². The first kappa shape index (κ1) is 12.0. The molecule has 0 aromatic carbocycles. The molecular formula is C6H13N3O3S. The van der Waals surface area contributed by atoms with Crippen LogP contribution in [0.5, 0.6) is 0 Å². The second-order valence-corrected chi connectivity index (χ2v) is 4.25. The lowest BCUT2D eigenvalue weighted by Gasteiger charge is -2.08. The van der Waals surface area contributed by atoms with E-state index in [0.29, 0.717) is 0 Å². The molecule has 76 valence electrons. The number of carbonyl (C=O) groups is 2. The van der Waals surface area contributed by atoms with E-state index < -0.39 is 28.0 Å². The Hall–Kier alpha value is -0.950. The summed E-state index contributed by atoms with van der Waals surface area (Å²) >= 11 is 0. The third-order valence-electron chi connectivity index (χ3n) is 1.33. The van der Waals surface area contributed by atoms with Crippen molar-refractivity contribution in [2.75, 3.05) is 12.3 Å². The van der Waals surface area contributed by atoms with Gasteiger partial charge in [0.2, 0.25) is 5.91 Å². The lowest BCUT2D eigenvalue weighted by molar-refractivity contribution is -0.119. The Bertz CT molecular complexity index is 231. The van der Waals surface area contributed by atoms with E-state index in [1.165, 1.54) is 6.92 Å². The molecule has 0 rings (SSSR count). The summed E-state index contributed by atoms with van der Waals surface area (Å²) in [6.07, 6.45) is 0. The molecule has 0 heterocycles. The van der Waals surface area contributed by atoms with Crippen LogP contribution in [0.15, 0.2) is 0 Å². The number of hydrogen-bond acceptors (Lipinski definition) is 4. The minimum atomic E-state index is -1.36. The molecule has 7 heteroatoms. The molecule has 0 spiro atoms. The molecule has 0 aliphatic carbocycles. The summed E-state index contributed by atoms with van der Waals surface area (Å²) in [5.41, 5.74) is 9.86. The van der Waals surface area contributed by atoms with E-state index in [2.05, 4.69) is 0 Å².